The van der Waals surface area contributed by atoms with Crippen LogP contribution in [0.3, 0.4) is 0 Å². The first kappa shape index (κ1) is 23.9. The monoisotopic (exact) mass is 512 g/mol. The summed E-state index contributed by atoms with van der Waals surface area (Å²) in [6.45, 7) is 1.46. The van der Waals surface area contributed by atoms with Crippen molar-refractivity contribution >= 4 is 44.3 Å². The molecule has 0 fully saturated rings. The molecule has 7 heteroatoms. The second-order valence-electron chi connectivity index (χ2n) is 8.31. The van der Waals surface area contributed by atoms with E-state index < -0.39 is 10.0 Å². The van der Waals surface area contributed by atoms with E-state index in [0.717, 1.165) is 20.7 Å². The average Bonchev–Trinajstić information content (AvgIpc) is 3.19. The second-order valence-corrected chi connectivity index (χ2v) is 11.2. The molecule has 1 aromatic heterocycles. The van der Waals surface area contributed by atoms with Crippen LogP contribution in [0.15, 0.2) is 124 Å². The number of benzene rings is 4. The molecule has 0 saturated carbocycles. The Morgan fingerprint density at radius 2 is 1.42 bits per heavy atom. The van der Waals surface area contributed by atoms with Crippen molar-refractivity contribution in [3.05, 3.63) is 120 Å². The number of hydrogen-bond acceptors (Lipinski definition) is 4. The molecular weight excluding hydrogens is 488 g/mol. The van der Waals surface area contributed by atoms with Crippen molar-refractivity contribution in [1.29, 1.82) is 0 Å². The summed E-state index contributed by atoms with van der Waals surface area (Å²) in [5.74, 6) is -0.182. The highest BCUT2D eigenvalue weighted by Crippen LogP contribution is 2.41. The van der Waals surface area contributed by atoms with Gasteiger partial charge in [-0.05, 0) is 42.0 Å². The number of carbonyl (C=O) groups is 1. The van der Waals surface area contributed by atoms with Crippen LogP contribution >= 0.6 is 11.8 Å². The Morgan fingerprint density at radius 3 is 2.14 bits per heavy atom. The second kappa shape index (κ2) is 10.0. The Kier molecular flexibility index (Phi) is 6.67. The summed E-state index contributed by atoms with van der Waals surface area (Å²) < 4.78 is 29.6. The van der Waals surface area contributed by atoms with E-state index in [-0.39, 0.29) is 10.8 Å². The van der Waals surface area contributed by atoms with Crippen molar-refractivity contribution < 1.29 is 13.2 Å². The van der Waals surface area contributed by atoms with Gasteiger partial charge in [-0.1, -0.05) is 84.6 Å². The summed E-state index contributed by atoms with van der Waals surface area (Å²) in [6.07, 6.45) is 0.312. The molecule has 4 aromatic carbocycles. The summed E-state index contributed by atoms with van der Waals surface area (Å²) in [6, 6.07) is 33.5. The molecule has 0 spiro atoms. The summed E-state index contributed by atoms with van der Waals surface area (Å²) in [4.78, 5) is 14.0. The number of amides is 1. The molecule has 0 saturated heterocycles. The summed E-state index contributed by atoms with van der Waals surface area (Å²) in [7, 11) is -3.91. The van der Waals surface area contributed by atoms with Gasteiger partial charge in [-0.15, -0.1) is 0 Å². The maximum Gasteiger partial charge on any atom is 0.268 e. The van der Waals surface area contributed by atoms with E-state index >= 15 is 0 Å². The van der Waals surface area contributed by atoms with Gasteiger partial charge in [-0.3, -0.25) is 4.79 Å². The zero-order valence-electron chi connectivity index (χ0n) is 19.6. The van der Waals surface area contributed by atoms with Gasteiger partial charge in [-0.25, -0.2) is 12.4 Å². The highest BCUT2D eigenvalue weighted by Gasteiger charge is 2.28. The standard InChI is InChI=1S/C29H24N2O3S2/c1-21(32)30-26-18-10-8-12-22(26)20-28-29(35-23-13-4-2-5-14-23)25-17-9-11-19-27(25)31(28)36(33,34)24-15-6-3-7-16-24/h2-19H,20H2,1H3,(H,30,32). The van der Waals surface area contributed by atoms with Crippen LogP contribution < -0.4 is 5.32 Å². The largest absolute Gasteiger partial charge is 0.326 e. The third-order valence-electron chi connectivity index (χ3n) is 5.81. The molecule has 0 aliphatic heterocycles. The molecule has 0 aliphatic carbocycles. The lowest BCUT2D eigenvalue weighted by atomic mass is 10.1. The Labute approximate surface area is 214 Å². The van der Waals surface area contributed by atoms with Crippen LogP contribution in [0.4, 0.5) is 5.69 Å². The van der Waals surface area contributed by atoms with Gasteiger partial charge in [0.1, 0.15) is 0 Å². The van der Waals surface area contributed by atoms with E-state index in [1.54, 1.807) is 42.1 Å². The van der Waals surface area contributed by atoms with Gasteiger partial charge in [0.05, 0.1) is 16.1 Å². The SMILES string of the molecule is CC(=O)Nc1ccccc1Cc1c(Sc2ccccc2)c2ccccc2n1S(=O)(=O)c1ccccc1. The van der Waals surface area contributed by atoms with Crippen molar-refractivity contribution in [2.45, 2.75) is 28.0 Å². The molecular formula is C29H24N2O3S2. The van der Waals surface area contributed by atoms with Crippen molar-refractivity contribution in [1.82, 2.24) is 3.97 Å². The van der Waals surface area contributed by atoms with Gasteiger partial charge in [0, 0.05) is 34.2 Å². The molecule has 0 aliphatic rings. The first-order valence-corrected chi connectivity index (χ1v) is 13.7. The quantitative estimate of drug-likeness (QED) is 0.267. The summed E-state index contributed by atoms with van der Waals surface area (Å²) >= 11 is 1.54. The first-order chi connectivity index (χ1) is 17.4. The van der Waals surface area contributed by atoms with Crippen LogP contribution in [-0.4, -0.2) is 18.3 Å². The number of fused-ring (bicyclic) bond motifs is 1. The normalized spacial score (nSPS) is 11.5. The number of nitrogens with one attached hydrogen (secondary N) is 1. The van der Waals surface area contributed by atoms with E-state index in [0.29, 0.717) is 23.3 Å². The van der Waals surface area contributed by atoms with E-state index in [1.165, 1.54) is 10.9 Å². The van der Waals surface area contributed by atoms with Crippen LogP contribution in [0, 0.1) is 0 Å². The number of rotatable bonds is 7. The molecule has 5 aromatic rings. The minimum Gasteiger partial charge on any atom is -0.326 e. The third-order valence-corrected chi connectivity index (χ3v) is 8.74. The molecule has 36 heavy (non-hydrogen) atoms. The maximum absolute atomic E-state index is 14.1. The predicted octanol–water partition coefficient (Wildman–Crippen LogP) is 6.58. The summed E-state index contributed by atoms with van der Waals surface area (Å²) in [5.41, 5.74) is 2.75. The zero-order chi connectivity index (χ0) is 25.1. The van der Waals surface area contributed by atoms with Gasteiger partial charge in [0.2, 0.25) is 5.91 Å². The molecule has 1 heterocycles. The van der Waals surface area contributed by atoms with Gasteiger partial charge in [-0.2, -0.15) is 0 Å². The molecule has 0 atom stereocenters. The molecule has 5 rings (SSSR count). The van der Waals surface area contributed by atoms with Crippen LogP contribution in [0.2, 0.25) is 0 Å². The van der Waals surface area contributed by atoms with Crippen molar-refractivity contribution in [3.8, 4) is 0 Å². The van der Waals surface area contributed by atoms with Crippen LogP contribution in [0.25, 0.3) is 10.9 Å². The fraction of sp³-hybridized carbons (Fsp3) is 0.0690. The van der Waals surface area contributed by atoms with Crippen LogP contribution in [0.1, 0.15) is 18.2 Å². The molecule has 0 radical (unpaired) electrons. The number of nitrogens with zero attached hydrogens (tertiary/aromatic N) is 1. The van der Waals surface area contributed by atoms with E-state index in [9.17, 15) is 13.2 Å². The van der Waals surface area contributed by atoms with Crippen LogP contribution in [-0.2, 0) is 21.2 Å². The number of carbonyl (C=O) groups excluding carboxylic acids is 1. The average molecular weight is 513 g/mol. The van der Waals surface area contributed by atoms with Crippen LogP contribution in [0.5, 0.6) is 0 Å². The Balaban J connectivity index is 1.78. The molecule has 1 amide bonds. The minimum atomic E-state index is -3.91. The minimum absolute atomic E-state index is 0.182. The van der Waals surface area contributed by atoms with E-state index in [1.807, 2.05) is 78.9 Å². The zero-order valence-corrected chi connectivity index (χ0v) is 21.2. The Hall–Kier alpha value is -3.81. The molecule has 5 nitrogen and oxygen atoms in total. The smallest absolute Gasteiger partial charge is 0.268 e. The van der Waals surface area contributed by atoms with Gasteiger partial charge < -0.3 is 5.32 Å². The summed E-state index contributed by atoms with van der Waals surface area (Å²) in [5, 5.41) is 3.74. The van der Waals surface area contributed by atoms with Gasteiger partial charge >= 0.3 is 0 Å². The Morgan fingerprint density at radius 1 is 0.806 bits per heavy atom. The fourth-order valence-corrected chi connectivity index (χ4v) is 6.97. The predicted molar refractivity (Wildman–Crippen MR) is 145 cm³/mol. The lowest BCUT2D eigenvalue weighted by Crippen LogP contribution is -2.17. The van der Waals surface area contributed by atoms with Gasteiger partial charge in [0.25, 0.3) is 10.0 Å². The van der Waals surface area contributed by atoms with Crippen molar-refractivity contribution in [2.75, 3.05) is 5.32 Å². The highest BCUT2D eigenvalue weighted by molar-refractivity contribution is 7.99. The number of hydrogen-bond donors (Lipinski definition) is 1. The first-order valence-electron chi connectivity index (χ1n) is 11.5. The number of anilines is 1. The Bertz CT molecular complexity index is 1640. The number of aromatic nitrogens is 1. The molecule has 1 N–H and O–H groups in total. The molecule has 0 bridgehead atoms. The van der Waals surface area contributed by atoms with Gasteiger partial charge in [0.15, 0.2) is 0 Å². The van der Waals surface area contributed by atoms with Crippen molar-refractivity contribution in [3.63, 3.8) is 0 Å². The molecule has 180 valence electrons. The molecule has 0 unspecified atom stereocenters. The topological polar surface area (TPSA) is 68.2 Å². The lowest BCUT2D eigenvalue weighted by molar-refractivity contribution is -0.114. The maximum atomic E-state index is 14.1. The fourth-order valence-electron chi connectivity index (χ4n) is 4.25. The number of para-hydroxylation sites is 2. The lowest BCUT2D eigenvalue weighted by Gasteiger charge is -2.15. The third kappa shape index (κ3) is 4.67. The van der Waals surface area contributed by atoms with Crippen molar-refractivity contribution in [2.24, 2.45) is 0 Å². The van der Waals surface area contributed by atoms with E-state index in [2.05, 4.69) is 5.32 Å². The highest BCUT2D eigenvalue weighted by atomic mass is 32.2. The van der Waals surface area contributed by atoms with E-state index in [4.69, 9.17) is 0 Å².